The summed E-state index contributed by atoms with van der Waals surface area (Å²) >= 11 is 0. The van der Waals surface area contributed by atoms with Gasteiger partial charge >= 0.3 is 0 Å². The minimum absolute atomic E-state index is 0.0171. The van der Waals surface area contributed by atoms with E-state index in [0.29, 0.717) is 19.8 Å². The summed E-state index contributed by atoms with van der Waals surface area (Å²) in [6.07, 6.45) is 1.81. The number of hydrogen-bond acceptors (Lipinski definition) is 4. The number of anilines is 1. The van der Waals surface area contributed by atoms with E-state index in [1.54, 1.807) is 0 Å². The Bertz CT molecular complexity index is 832. The Morgan fingerprint density at radius 1 is 1.15 bits per heavy atom. The van der Waals surface area contributed by atoms with Crippen molar-refractivity contribution in [3.63, 3.8) is 0 Å². The van der Waals surface area contributed by atoms with Gasteiger partial charge in [-0.25, -0.2) is 0 Å². The van der Waals surface area contributed by atoms with Crippen LogP contribution in [0.15, 0.2) is 36.4 Å². The Hall–Kier alpha value is -2.53. The first-order chi connectivity index (χ1) is 13.1. The summed E-state index contributed by atoms with van der Waals surface area (Å²) in [4.78, 5) is 14.7. The molecular weight excluding hydrogens is 340 g/mol. The SMILES string of the molecule is Cc1ccc(NC(=O)CN2CCc3cc4c(cc3[C@@H]2C)OCCCO4)cc1. The molecule has 1 N–H and O–H groups in total. The Morgan fingerprint density at radius 3 is 2.59 bits per heavy atom. The summed E-state index contributed by atoms with van der Waals surface area (Å²) in [6.45, 7) is 6.81. The lowest BCUT2D eigenvalue weighted by Gasteiger charge is -2.35. The van der Waals surface area contributed by atoms with E-state index >= 15 is 0 Å². The van der Waals surface area contributed by atoms with Gasteiger partial charge in [-0.15, -0.1) is 0 Å². The number of fused-ring (bicyclic) bond motifs is 2. The van der Waals surface area contributed by atoms with Gasteiger partial charge in [0.25, 0.3) is 0 Å². The molecule has 0 unspecified atom stereocenters. The molecule has 142 valence electrons. The highest BCUT2D eigenvalue weighted by atomic mass is 16.5. The molecule has 0 aromatic heterocycles. The zero-order valence-electron chi connectivity index (χ0n) is 16.0. The molecule has 2 aliphatic heterocycles. The molecule has 4 rings (SSSR count). The lowest BCUT2D eigenvalue weighted by atomic mass is 9.93. The molecule has 0 aliphatic carbocycles. The van der Waals surface area contributed by atoms with Crippen molar-refractivity contribution in [3.05, 3.63) is 53.1 Å². The number of rotatable bonds is 3. The number of nitrogens with zero attached hydrogens (tertiary/aromatic N) is 1. The second kappa shape index (κ2) is 7.61. The Labute approximate surface area is 160 Å². The van der Waals surface area contributed by atoms with Crippen molar-refractivity contribution < 1.29 is 14.3 Å². The van der Waals surface area contributed by atoms with E-state index in [4.69, 9.17) is 9.47 Å². The second-order valence-corrected chi connectivity index (χ2v) is 7.36. The van der Waals surface area contributed by atoms with Crippen molar-refractivity contribution in [2.75, 3.05) is 31.6 Å². The van der Waals surface area contributed by atoms with Gasteiger partial charge < -0.3 is 14.8 Å². The van der Waals surface area contributed by atoms with Crippen LogP contribution in [-0.2, 0) is 11.2 Å². The Morgan fingerprint density at radius 2 is 1.85 bits per heavy atom. The van der Waals surface area contributed by atoms with Gasteiger partial charge in [-0.2, -0.15) is 0 Å². The normalized spacial score (nSPS) is 19.1. The minimum atomic E-state index is 0.0171. The first kappa shape index (κ1) is 17.9. The second-order valence-electron chi connectivity index (χ2n) is 7.36. The van der Waals surface area contributed by atoms with Crippen LogP contribution in [0.2, 0.25) is 0 Å². The number of ether oxygens (including phenoxy) is 2. The van der Waals surface area contributed by atoms with Gasteiger partial charge in [0.1, 0.15) is 0 Å². The molecule has 0 saturated heterocycles. The van der Waals surface area contributed by atoms with Crippen LogP contribution < -0.4 is 14.8 Å². The third-order valence-electron chi connectivity index (χ3n) is 5.36. The van der Waals surface area contributed by atoms with E-state index in [2.05, 4.69) is 29.3 Å². The Balaban J connectivity index is 1.46. The summed E-state index contributed by atoms with van der Waals surface area (Å²) in [5, 5.41) is 2.99. The molecule has 2 aromatic carbocycles. The van der Waals surface area contributed by atoms with Crippen LogP contribution in [0.5, 0.6) is 11.5 Å². The van der Waals surface area contributed by atoms with Crippen molar-refractivity contribution in [3.8, 4) is 11.5 Å². The average molecular weight is 366 g/mol. The van der Waals surface area contributed by atoms with Crippen LogP contribution in [-0.4, -0.2) is 37.1 Å². The highest BCUT2D eigenvalue weighted by Gasteiger charge is 2.27. The molecule has 27 heavy (non-hydrogen) atoms. The number of aryl methyl sites for hydroxylation is 1. The molecule has 1 amide bonds. The predicted molar refractivity (Wildman–Crippen MR) is 106 cm³/mol. The van der Waals surface area contributed by atoms with Gasteiger partial charge in [0.2, 0.25) is 5.91 Å². The van der Waals surface area contributed by atoms with Crippen molar-refractivity contribution in [1.82, 2.24) is 4.90 Å². The van der Waals surface area contributed by atoms with Crippen LogP contribution in [0.25, 0.3) is 0 Å². The molecule has 0 fully saturated rings. The maximum absolute atomic E-state index is 12.5. The van der Waals surface area contributed by atoms with E-state index in [9.17, 15) is 4.79 Å². The molecule has 2 heterocycles. The summed E-state index contributed by atoms with van der Waals surface area (Å²) in [5.74, 6) is 1.69. The lowest BCUT2D eigenvalue weighted by molar-refractivity contribution is -0.117. The van der Waals surface area contributed by atoms with E-state index in [1.807, 2.05) is 31.2 Å². The van der Waals surface area contributed by atoms with E-state index in [1.165, 1.54) is 16.7 Å². The summed E-state index contributed by atoms with van der Waals surface area (Å²) < 4.78 is 11.7. The van der Waals surface area contributed by atoms with Gasteiger partial charge in [-0.3, -0.25) is 9.69 Å². The molecule has 5 nitrogen and oxygen atoms in total. The summed E-state index contributed by atoms with van der Waals surface area (Å²) in [5.41, 5.74) is 4.54. The highest BCUT2D eigenvalue weighted by molar-refractivity contribution is 5.92. The average Bonchev–Trinajstić information content (AvgIpc) is 2.89. The first-order valence-electron chi connectivity index (χ1n) is 9.63. The standard InChI is InChI=1S/C22H26N2O3/c1-15-4-6-18(7-5-15)23-22(25)14-24-9-8-17-12-20-21(13-19(17)16(24)2)27-11-3-10-26-20/h4-7,12-13,16H,3,8-11,14H2,1-2H3,(H,23,25)/t16-/m0/s1. The van der Waals surface area contributed by atoms with E-state index in [0.717, 1.165) is 36.6 Å². The van der Waals surface area contributed by atoms with Crippen LogP contribution in [0.3, 0.4) is 0 Å². The molecule has 0 spiro atoms. The number of carbonyl (C=O) groups excluding carboxylic acids is 1. The monoisotopic (exact) mass is 366 g/mol. The molecule has 2 aromatic rings. The van der Waals surface area contributed by atoms with Crippen molar-refractivity contribution >= 4 is 11.6 Å². The fourth-order valence-electron chi connectivity index (χ4n) is 3.76. The van der Waals surface area contributed by atoms with Crippen molar-refractivity contribution in [2.24, 2.45) is 0 Å². The van der Waals surface area contributed by atoms with Gasteiger partial charge in [0.05, 0.1) is 19.8 Å². The van der Waals surface area contributed by atoms with Crippen LogP contribution in [0, 0.1) is 6.92 Å². The number of carbonyl (C=O) groups is 1. The number of amides is 1. The topological polar surface area (TPSA) is 50.8 Å². The Kier molecular flexibility index (Phi) is 5.03. The van der Waals surface area contributed by atoms with Gasteiger partial charge in [-0.1, -0.05) is 17.7 Å². The maximum atomic E-state index is 12.5. The minimum Gasteiger partial charge on any atom is -0.490 e. The zero-order chi connectivity index (χ0) is 18.8. The molecule has 0 radical (unpaired) electrons. The fraction of sp³-hybridized carbons (Fsp3) is 0.409. The smallest absolute Gasteiger partial charge is 0.238 e. The molecule has 1 atom stereocenters. The third kappa shape index (κ3) is 3.93. The molecule has 5 heteroatoms. The van der Waals surface area contributed by atoms with Crippen LogP contribution in [0.4, 0.5) is 5.69 Å². The van der Waals surface area contributed by atoms with Gasteiger partial charge in [0, 0.05) is 24.7 Å². The highest BCUT2D eigenvalue weighted by Crippen LogP contribution is 2.38. The van der Waals surface area contributed by atoms with E-state index < -0.39 is 0 Å². The largest absolute Gasteiger partial charge is 0.490 e. The third-order valence-corrected chi connectivity index (χ3v) is 5.36. The molecular formula is C22H26N2O3. The molecule has 2 aliphatic rings. The van der Waals surface area contributed by atoms with Crippen molar-refractivity contribution in [2.45, 2.75) is 32.7 Å². The molecule has 0 saturated carbocycles. The van der Waals surface area contributed by atoms with Gasteiger partial charge in [-0.05, 0) is 55.7 Å². The fourth-order valence-corrected chi connectivity index (χ4v) is 3.76. The maximum Gasteiger partial charge on any atom is 0.238 e. The van der Waals surface area contributed by atoms with Crippen molar-refractivity contribution in [1.29, 1.82) is 0 Å². The number of benzene rings is 2. The summed E-state index contributed by atoms with van der Waals surface area (Å²) in [7, 11) is 0. The zero-order valence-corrected chi connectivity index (χ0v) is 16.0. The first-order valence-corrected chi connectivity index (χ1v) is 9.63. The van der Waals surface area contributed by atoms with Gasteiger partial charge in [0.15, 0.2) is 11.5 Å². The quantitative estimate of drug-likeness (QED) is 0.900. The number of nitrogens with one attached hydrogen (secondary N) is 1. The lowest BCUT2D eigenvalue weighted by Crippen LogP contribution is -2.39. The summed E-state index contributed by atoms with van der Waals surface area (Å²) in [6, 6.07) is 12.3. The van der Waals surface area contributed by atoms with E-state index in [-0.39, 0.29) is 11.9 Å². The molecule has 0 bridgehead atoms. The van der Waals surface area contributed by atoms with Crippen LogP contribution in [0.1, 0.15) is 36.1 Å². The van der Waals surface area contributed by atoms with Crippen LogP contribution >= 0.6 is 0 Å². The number of hydrogen-bond donors (Lipinski definition) is 1. The predicted octanol–water partition coefficient (Wildman–Crippen LogP) is 3.71.